The number of pyridine rings is 1. The van der Waals surface area contributed by atoms with E-state index in [1.165, 1.54) is 0 Å². The number of benzene rings is 1. The summed E-state index contributed by atoms with van der Waals surface area (Å²) >= 11 is 6.07. The molecule has 0 radical (unpaired) electrons. The molecule has 1 heterocycles. The smallest absolute Gasteiger partial charge is 0.225 e. The zero-order chi connectivity index (χ0) is 16.1. The number of nitrogens with zero attached hydrogens (tertiary/aromatic N) is 1. The van der Waals surface area contributed by atoms with Crippen LogP contribution in [0.2, 0.25) is 5.02 Å². The third-order valence-electron chi connectivity index (χ3n) is 3.50. The van der Waals surface area contributed by atoms with Gasteiger partial charge >= 0.3 is 0 Å². The Hall–Kier alpha value is -2.07. The van der Waals surface area contributed by atoms with Crippen LogP contribution in [0.25, 0.3) is 0 Å². The molecule has 1 amide bonds. The molecule has 0 aliphatic heterocycles. The van der Waals surface area contributed by atoms with Crippen molar-refractivity contribution in [3.63, 3.8) is 0 Å². The molecule has 0 spiro atoms. The molecule has 0 aliphatic rings. The minimum absolute atomic E-state index is 0.0728. The molecule has 22 heavy (non-hydrogen) atoms. The van der Waals surface area contributed by atoms with E-state index in [9.17, 15) is 4.79 Å². The zero-order valence-corrected chi connectivity index (χ0v) is 13.6. The topological polar surface area (TPSA) is 51.2 Å². The number of carbonyl (C=O) groups is 1. The summed E-state index contributed by atoms with van der Waals surface area (Å²) in [7, 11) is 1.55. The van der Waals surface area contributed by atoms with Gasteiger partial charge in [-0.1, -0.05) is 24.6 Å². The number of rotatable bonds is 5. The number of aryl methyl sites for hydroxylation is 1. The van der Waals surface area contributed by atoms with Crippen molar-refractivity contribution in [1.82, 2.24) is 4.98 Å². The highest BCUT2D eigenvalue weighted by molar-refractivity contribution is 6.31. The predicted octanol–water partition coefficient (Wildman–Crippen LogP) is 4.18. The predicted molar refractivity (Wildman–Crippen MR) is 88.6 cm³/mol. The molecule has 0 fully saturated rings. The second-order valence-corrected chi connectivity index (χ2v) is 5.65. The number of ether oxygens (including phenoxy) is 1. The van der Waals surface area contributed by atoms with Gasteiger partial charge in [0.25, 0.3) is 0 Å². The van der Waals surface area contributed by atoms with Crippen LogP contribution in [0.5, 0.6) is 5.75 Å². The van der Waals surface area contributed by atoms with Crippen molar-refractivity contribution in [2.24, 2.45) is 0 Å². The van der Waals surface area contributed by atoms with Crippen LogP contribution in [0.4, 0.5) is 5.69 Å². The lowest BCUT2D eigenvalue weighted by atomic mass is 9.99. The minimum Gasteiger partial charge on any atom is -0.495 e. The van der Waals surface area contributed by atoms with Gasteiger partial charge in [0.1, 0.15) is 5.75 Å². The van der Waals surface area contributed by atoms with Crippen LogP contribution in [0.15, 0.2) is 36.7 Å². The highest BCUT2D eigenvalue weighted by atomic mass is 35.5. The molecule has 1 N–H and O–H groups in total. The third-order valence-corrected chi connectivity index (χ3v) is 3.91. The first kappa shape index (κ1) is 16.3. The zero-order valence-electron chi connectivity index (χ0n) is 12.9. The van der Waals surface area contributed by atoms with Crippen molar-refractivity contribution in [3.05, 3.63) is 52.8 Å². The number of hydrogen-bond acceptors (Lipinski definition) is 3. The van der Waals surface area contributed by atoms with Crippen molar-refractivity contribution in [2.45, 2.75) is 26.2 Å². The van der Waals surface area contributed by atoms with E-state index in [1.54, 1.807) is 25.6 Å². The summed E-state index contributed by atoms with van der Waals surface area (Å²) < 4.78 is 5.26. The SMILES string of the molecule is COc1cc(Cl)c(C)cc1NC(=O)CC(C)c1cccnc1. The maximum atomic E-state index is 12.2. The fourth-order valence-corrected chi connectivity index (χ4v) is 2.35. The summed E-state index contributed by atoms with van der Waals surface area (Å²) in [6.07, 6.45) is 3.87. The van der Waals surface area contributed by atoms with Gasteiger partial charge in [0.15, 0.2) is 0 Å². The Bertz CT molecular complexity index is 659. The van der Waals surface area contributed by atoms with Crippen LogP contribution < -0.4 is 10.1 Å². The number of halogens is 1. The van der Waals surface area contributed by atoms with Crippen molar-refractivity contribution in [1.29, 1.82) is 0 Å². The van der Waals surface area contributed by atoms with Crippen LogP contribution in [0, 0.1) is 6.92 Å². The van der Waals surface area contributed by atoms with Crippen LogP contribution in [0.1, 0.15) is 30.4 Å². The van der Waals surface area contributed by atoms with Crippen molar-refractivity contribution < 1.29 is 9.53 Å². The Morgan fingerprint density at radius 3 is 2.86 bits per heavy atom. The number of amides is 1. The second kappa shape index (κ2) is 7.27. The fraction of sp³-hybridized carbons (Fsp3) is 0.294. The molecule has 2 rings (SSSR count). The monoisotopic (exact) mass is 318 g/mol. The lowest BCUT2D eigenvalue weighted by Gasteiger charge is -2.14. The largest absolute Gasteiger partial charge is 0.495 e. The summed E-state index contributed by atoms with van der Waals surface area (Å²) in [5, 5.41) is 3.50. The molecule has 1 aromatic heterocycles. The lowest BCUT2D eigenvalue weighted by Crippen LogP contribution is -2.15. The molecule has 1 atom stereocenters. The van der Waals surface area contributed by atoms with Crippen LogP contribution in [-0.2, 0) is 4.79 Å². The summed E-state index contributed by atoms with van der Waals surface area (Å²) in [5.41, 5.74) is 2.56. The minimum atomic E-state index is -0.0728. The quantitative estimate of drug-likeness (QED) is 0.899. The average Bonchev–Trinajstić information content (AvgIpc) is 2.51. The molecule has 0 saturated heterocycles. The highest BCUT2D eigenvalue weighted by Gasteiger charge is 2.14. The van der Waals surface area contributed by atoms with Gasteiger partial charge < -0.3 is 10.1 Å². The van der Waals surface area contributed by atoms with Crippen molar-refractivity contribution in [2.75, 3.05) is 12.4 Å². The summed E-state index contributed by atoms with van der Waals surface area (Å²) in [6.45, 7) is 3.89. The van der Waals surface area contributed by atoms with Crippen LogP contribution in [0.3, 0.4) is 0 Å². The second-order valence-electron chi connectivity index (χ2n) is 5.24. The molecule has 1 aromatic carbocycles. The number of nitrogens with one attached hydrogen (secondary N) is 1. The summed E-state index contributed by atoms with van der Waals surface area (Å²) in [6, 6.07) is 7.36. The van der Waals surface area contributed by atoms with Gasteiger partial charge in [0.2, 0.25) is 5.91 Å². The van der Waals surface area contributed by atoms with Gasteiger partial charge in [-0.25, -0.2) is 0 Å². The maximum absolute atomic E-state index is 12.2. The van der Waals surface area contributed by atoms with Gasteiger partial charge in [-0.15, -0.1) is 0 Å². The van der Waals surface area contributed by atoms with E-state index >= 15 is 0 Å². The first-order valence-electron chi connectivity index (χ1n) is 7.05. The number of anilines is 1. The lowest BCUT2D eigenvalue weighted by molar-refractivity contribution is -0.116. The summed E-state index contributed by atoms with van der Waals surface area (Å²) in [4.78, 5) is 16.3. The van der Waals surface area contributed by atoms with E-state index in [0.717, 1.165) is 11.1 Å². The van der Waals surface area contributed by atoms with E-state index in [2.05, 4.69) is 10.3 Å². The van der Waals surface area contributed by atoms with E-state index in [0.29, 0.717) is 22.9 Å². The summed E-state index contributed by atoms with van der Waals surface area (Å²) in [5.74, 6) is 0.572. The number of hydrogen-bond donors (Lipinski definition) is 1. The van der Waals surface area contributed by atoms with Crippen molar-refractivity contribution in [3.8, 4) is 5.75 Å². The highest BCUT2D eigenvalue weighted by Crippen LogP contribution is 2.31. The molecule has 5 heteroatoms. The van der Waals surface area contributed by atoms with E-state index in [1.807, 2.05) is 32.0 Å². The van der Waals surface area contributed by atoms with Gasteiger partial charge in [-0.05, 0) is 36.1 Å². The Labute approximate surface area is 135 Å². The molecule has 0 saturated carbocycles. The first-order valence-corrected chi connectivity index (χ1v) is 7.43. The van der Waals surface area contributed by atoms with Crippen LogP contribution >= 0.6 is 11.6 Å². The molecule has 2 aromatic rings. The number of carbonyl (C=O) groups excluding carboxylic acids is 1. The Morgan fingerprint density at radius 2 is 2.23 bits per heavy atom. The molecule has 116 valence electrons. The molecule has 4 nitrogen and oxygen atoms in total. The molecule has 0 bridgehead atoms. The first-order chi connectivity index (χ1) is 10.5. The van der Waals surface area contributed by atoms with Gasteiger partial charge in [-0.2, -0.15) is 0 Å². The Morgan fingerprint density at radius 1 is 1.45 bits per heavy atom. The molecule has 0 aliphatic carbocycles. The Kier molecular flexibility index (Phi) is 5.39. The third kappa shape index (κ3) is 3.98. The van der Waals surface area contributed by atoms with Gasteiger partial charge in [0, 0.05) is 29.9 Å². The van der Waals surface area contributed by atoms with E-state index in [-0.39, 0.29) is 11.8 Å². The van der Waals surface area contributed by atoms with Gasteiger partial charge in [-0.3, -0.25) is 9.78 Å². The molecular formula is C17H19ClN2O2. The molecular weight excluding hydrogens is 300 g/mol. The van der Waals surface area contributed by atoms with Crippen molar-refractivity contribution >= 4 is 23.2 Å². The number of aromatic nitrogens is 1. The Balaban J connectivity index is 2.08. The van der Waals surface area contributed by atoms with E-state index in [4.69, 9.17) is 16.3 Å². The normalized spacial score (nSPS) is 11.8. The van der Waals surface area contributed by atoms with Crippen LogP contribution in [-0.4, -0.2) is 18.0 Å². The maximum Gasteiger partial charge on any atom is 0.225 e. The standard InChI is InChI=1S/C17H19ClN2O2/c1-11(13-5-4-6-19-10-13)8-17(21)20-15-7-12(2)14(18)9-16(15)22-3/h4-7,9-11H,8H2,1-3H3,(H,20,21). The van der Waals surface area contributed by atoms with Gasteiger partial charge in [0.05, 0.1) is 12.8 Å². The molecule has 1 unspecified atom stereocenters. The fourth-order valence-electron chi connectivity index (χ4n) is 2.19. The van der Waals surface area contributed by atoms with E-state index < -0.39 is 0 Å². The average molecular weight is 319 g/mol. The number of methoxy groups -OCH3 is 1.